The number of fused-ring (bicyclic) bond motifs is 6. The minimum absolute atomic E-state index is 0.875. The van der Waals surface area contributed by atoms with Crippen LogP contribution in [0.25, 0.3) is 59.2 Å². The summed E-state index contributed by atoms with van der Waals surface area (Å²) in [6, 6.07) is 27.4. The maximum absolute atomic E-state index is 5.01. The molecular weight excluding hydrogens is 510 g/mol. The number of benzene rings is 2. The molecule has 0 atom stereocenters. The van der Waals surface area contributed by atoms with Crippen molar-refractivity contribution in [2.75, 3.05) is 0 Å². The smallest absolute Gasteiger partial charge is 0.138 e. The van der Waals surface area contributed by atoms with E-state index in [-0.39, 0.29) is 0 Å². The maximum atomic E-state index is 5.01. The summed E-state index contributed by atoms with van der Waals surface area (Å²) in [5.74, 6) is 0.875. The van der Waals surface area contributed by atoms with Gasteiger partial charge >= 0.3 is 0 Å². The van der Waals surface area contributed by atoms with E-state index in [1.807, 2.05) is 74.0 Å². The normalized spacial score (nSPS) is 10.8. The Hall–Kier alpha value is -4.94. The third kappa shape index (κ3) is 5.17. The summed E-state index contributed by atoms with van der Waals surface area (Å²) in [7, 11) is 0. The highest BCUT2D eigenvalue weighted by Crippen LogP contribution is 2.39. The fraction of sp³-hybridized carbons (Fsp3) is 0.0588. The van der Waals surface area contributed by atoms with Crippen LogP contribution in [-0.2, 0) is 0 Å². The van der Waals surface area contributed by atoms with Gasteiger partial charge in [0, 0.05) is 55.9 Å². The number of rotatable bonds is 3. The Labute approximate surface area is 237 Å². The molecule has 0 radical (unpaired) electrons. The fourth-order valence-corrected chi connectivity index (χ4v) is 5.64. The van der Waals surface area contributed by atoms with Gasteiger partial charge < -0.3 is 0 Å². The van der Waals surface area contributed by atoms with E-state index < -0.39 is 0 Å². The molecular formula is C34H29N5S. The molecule has 0 N–H and O–H groups in total. The highest BCUT2D eigenvalue weighted by molar-refractivity contribution is 7.25. The molecule has 196 valence electrons. The number of hydrogen-bond acceptors (Lipinski definition) is 5. The number of aromatic nitrogens is 4. The van der Waals surface area contributed by atoms with Gasteiger partial charge in [-0.05, 0) is 75.2 Å². The third-order valence-electron chi connectivity index (χ3n) is 6.40. The van der Waals surface area contributed by atoms with Gasteiger partial charge in [0.05, 0.1) is 22.2 Å². The molecule has 5 heterocycles. The molecule has 0 spiro atoms. The van der Waals surface area contributed by atoms with E-state index in [2.05, 4.69) is 82.4 Å². The molecule has 40 heavy (non-hydrogen) atoms. The summed E-state index contributed by atoms with van der Waals surface area (Å²) >= 11 is 1.83. The van der Waals surface area contributed by atoms with Gasteiger partial charge in [-0.3, -0.25) is 19.5 Å². The zero-order chi connectivity index (χ0) is 27.9. The molecule has 7 rings (SSSR count). The van der Waals surface area contributed by atoms with Crippen LogP contribution in [0.2, 0.25) is 0 Å². The van der Waals surface area contributed by atoms with Gasteiger partial charge in [-0.1, -0.05) is 43.0 Å². The van der Waals surface area contributed by atoms with Crippen LogP contribution in [-0.4, -0.2) is 26.2 Å². The minimum atomic E-state index is 0.875. The molecule has 0 aliphatic heterocycles. The second kappa shape index (κ2) is 12.3. The second-order valence-electron chi connectivity index (χ2n) is 8.82. The van der Waals surface area contributed by atoms with Crippen molar-refractivity contribution < 1.29 is 0 Å². The van der Waals surface area contributed by atoms with Crippen molar-refractivity contribution in [2.24, 2.45) is 4.99 Å². The monoisotopic (exact) mass is 539 g/mol. The topological polar surface area (TPSA) is 56.0 Å². The number of aliphatic imine (C=N–C) groups is 1. The average Bonchev–Trinajstić information content (AvgIpc) is 3.55. The van der Waals surface area contributed by atoms with Gasteiger partial charge in [0.15, 0.2) is 0 Å². The Morgan fingerprint density at radius 1 is 0.800 bits per heavy atom. The van der Waals surface area contributed by atoms with Crippen molar-refractivity contribution in [2.45, 2.75) is 13.8 Å². The molecule has 2 aromatic carbocycles. The van der Waals surface area contributed by atoms with E-state index >= 15 is 0 Å². The van der Waals surface area contributed by atoms with E-state index in [9.17, 15) is 0 Å². The Kier molecular flexibility index (Phi) is 8.18. The van der Waals surface area contributed by atoms with Gasteiger partial charge in [0.2, 0.25) is 0 Å². The lowest BCUT2D eigenvalue weighted by Crippen LogP contribution is -1.98. The molecule has 0 amide bonds. The third-order valence-corrected chi connectivity index (χ3v) is 7.54. The first-order valence-corrected chi connectivity index (χ1v) is 13.7. The van der Waals surface area contributed by atoms with Crippen LogP contribution < -0.4 is 0 Å². The standard InChI is InChI=1S/C27H16N4S.C4H8.C3H5N/c1-2-10-24-18(7-1)19-14-20-23(15-25(19)32-24)31(22-9-5-13-29-27(20)22)26-11-3-8-21(30-26)17-6-4-12-28-16-17;2*1-3-4-2/h1-16H;3-4H,1-2H3;3H,1-2H2/b;4-3-;. The van der Waals surface area contributed by atoms with Crippen molar-refractivity contribution in [3.05, 3.63) is 122 Å². The van der Waals surface area contributed by atoms with Gasteiger partial charge in [0.25, 0.3) is 0 Å². The number of pyridine rings is 3. The van der Waals surface area contributed by atoms with Gasteiger partial charge in [-0.2, -0.15) is 0 Å². The highest BCUT2D eigenvalue weighted by Gasteiger charge is 2.17. The van der Waals surface area contributed by atoms with E-state index in [4.69, 9.17) is 9.97 Å². The molecule has 5 aromatic heterocycles. The Morgan fingerprint density at radius 3 is 2.35 bits per heavy atom. The number of allylic oxidation sites excluding steroid dienone is 2. The molecule has 0 unspecified atom stereocenters. The zero-order valence-electron chi connectivity index (χ0n) is 22.5. The lowest BCUT2D eigenvalue weighted by Gasteiger charge is -2.09. The first-order chi connectivity index (χ1) is 19.7. The van der Waals surface area contributed by atoms with Crippen LogP contribution in [0.5, 0.6) is 0 Å². The lowest BCUT2D eigenvalue weighted by molar-refractivity contribution is 1.08. The largest absolute Gasteiger partial charge is 0.292 e. The van der Waals surface area contributed by atoms with Crippen LogP contribution in [0.1, 0.15) is 13.8 Å². The van der Waals surface area contributed by atoms with E-state index in [1.54, 1.807) is 6.20 Å². The lowest BCUT2D eigenvalue weighted by atomic mass is 10.1. The van der Waals surface area contributed by atoms with Crippen LogP contribution in [0.4, 0.5) is 0 Å². The van der Waals surface area contributed by atoms with Crippen molar-refractivity contribution in [1.82, 2.24) is 19.5 Å². The molecule has 0 aliphatic rings. The predicted molar refractivity (Wildman–Crippen MR) is 173 cm³/mol. The van der Waals surface area contributed by atoms with Gasteiger partial charge in [-0.15, -0.1) is 11.3 Å². The molecule has 0 saturated carbocycles. The second-order valence-corrected chi connectivity index (χ2v) is 9.91. The van der Waals surface area contributed by atoms with Crippen LogP contribution in [0.15, 0.2) is 127 Å². The van der Waals surface area contributed by atoms with Crippen LogP contribution in [0, 0.1) is 0 Å². The summed E-state index contributed by atoms with van der Waals surface area (Å²) in [6.07, 6.45) is 10.9. The van der Waals surface area contributed by atoms with Crippen molar-refractivity contribution in [1.29, 1.82) is 0 Å². The van der Waals surface area contributed by atoms with Crippen LogP contribution >= 0.6 is 11.3 Å². The fourth-order valence-electron chi connectivity index (χ4n) is 4.52. The first kappa shape index (κ1) is 26.7. The number of thiophene rings is 1. The quantitative estimate of drug-likeness (QED) is 0.166. The SMILES string of the molecule is C/C=C\C.C=CN=C.c1cncc(-c2cccc(-n3c4cc5sc6ccccc6c5cc4c4ncccc43)n2)c1. The average molecular weight is 540 g/mol. The van der Waals surface area contributed by atoms with E-state index in [1.165, 1.54) is 26.4 Å². The number of nitrogens with zero attached hydrogens (tertiary/aromatic N) is 5. The molecule has 5 nitrogen and oxygen atoms in total. The Balaban J connectivity index is 0.000000361. The summed E-state index contributed by atoms with van der Waals surface area (Å²) < 4.78 is 4.79. The molecule has 0 bridgehead atoms. The summed E-state index contributed by atoms with van der Waals surface area (Å²) in [5.41, 5.74) is 5.07. The Bertz CT molecular complexity index is 1960. The maximum Gasteiger partial charge on any atom is 0.138 e. The predicted octanol–water partition coefficient (Wildman–Crippen LogP) is 9.42. The summed E-state index contributed by atoms with van der Waals surface area (Å²) in [4.78, 5) is 17.3. The van der Waals surface area contributed by atoms with Crippen molar-refractivity contribution in [3.63, 3.8) is 0 Å². The van der Waals surface area contributed by atoms with E-state index in [0.717, 1.165) is 39.0 Å². The number of hydrogen-bond donors (Lipinski definition) is 0. The van der Waals surface area contributed by atoms with Gasteiger partial charge in [0.1, 0.15) is 5.82 Å². The molecule has 0 aliphatic carbocycles. The molecule has 0 saturated heterocycles. The van der Waals surface area contributed by atoms with Crippen molar-refractivity contribution in [3.8, 4) is 17.1 Å². The van der Waals surface area contributed by atoms with Crippen molar-refractivity contribution >= 4 is 60.2 Å². The van der Waals surface area contributed by atoms with Crippen LogP contribution in [0.3, 0.4) is 0 Å². The highest BCUT2D eigenvalue weighted by atomic mass is 32.1. The molecule has 6 heteroatoms. The van der Waals surface area contributed by atoms with E-state index in [0.29, 0.717) is 0 Å². The zero-order valence-corrected chi connectivity index (χ0v) is 23.3. The minimum Gasteiger partial charge on any atom is -0.292 e. The Morgan fingerprint density at radius 2 is 1.60 bits per heavy atom. The molecule has 0 fully saturated rings. The summed E-state index contributed by atoms with van der Waals surface area (Å²) in [6.45, 7) is 10.4. The van der Waals surface area contributed by atoms with Gasteiger partial charge in [-0.25, -0.2) is 4.98 Å². The first-order valence-electron chi connectivity index (χ1n) is 12.9. The molecule has 7 aromatic rings. The summed E-state index contributed by atoms with van der Waals surface area (Å²) in [5, 5.41) is 3.72.